The Balaban J connectivity index is 2.02. The van der Waals surface area contributed by atoms with Gasteiger partial charge in [0.15, 0.2) is 0 Å². The van der Waals surface area contributed by atoms with Crippen molar-refractivity contribution in [3.63, 3.8) is 0 Å². The van der Waals surface area contributed by atoms with Crippen molar-refractivity contribution in [1.82, 2.24) is 4.90 Å². The molecular formula is C15H21NO2. The van der Waals surface area contributed by atoms with Crippen molar-refractivity contribution >= 4 is 5.91 Å². The minimum absolute atomic E-state index is 0.214. The summed E-state index contributed by atoms with van der Waals surface area (Å²) in [6.45, 7) is 4.01. The average Bonchev–Trinajstić information content (AvgIpc) is 2.39. The van der Waals surface area contributed by atoms with Crippen LogP contribution in [0.25, 0.3) is 0 Å². The maximum Gasteiger partial charge on any atom is 0.227 e. The highest BCUT2D eigenvalue weighted by Gasteiger charge is 2.21. The molecule has 3 nitrogen and oxygen atoms in total. The minimum atomic E-state index is 0.214. The highest BCUT2D eigenvalue weighted by molar-refractivity contribution is 5.79. The largest absolute Gasteiger partial charge is 0.496 e. The van der Waals surface area contributed by atoms with E-state index in [9.17, 15) is 4.79 Å². The molecule has 0 radical (unpaired) electrons. The van der Waals surface area contributed by atoms with Crippen LogP contribution in [0.15, 0.2) is 24.3 Å². The highest BCUT2D eigenvalue weighted by Crippen LogP contribution is 2.21. The Kier molecular flexibility index (Phi) is 4.24. The van der Waals surface area contributed by atoms with E-state index in [0.29, 0.717) is 12.3 Å². The van der Waals surface area contributed by atoms with Gasteiger partial charge in [-0.15, -0.1) is 0 Å². The molecule has 0 aromatic heterocycles. The first-order valence-electron chi connectivity index (χ1n) is 6.60. The van der Waals surface area contributed by atoms with Gasteiger partial charge in [-0.25, -0.2) is 0 Å². The zero-order valence-electron chi connectivity index (χ0n) is 11.2. The van der Waals surface area contributed by atoms with Crippen molar-refractivity contribution in [2.75, 3.05) is 20.2 Å². The third kappa shape index (κ3) is 3.03. The summed E-state index contributed by atoms with van der Waals surface area (Å²) >= 11 is 0. The number of hydrogen-bond donors (Lipinski definition) is 0. The van der Waals surface area contributed by atoms with Gasteiger partial charge < -0.3 is 9.64 Å². The topological polar surface area (TPSA) is 29.5 Å². The van der Waals surface area contributed by atoms with Crippen molar-refractivity contribution in [3.8, 4) is 5.75 Å². The number of ether oxygens (including phenoxy) is 1. The zero-order valence-corrected chi connectivity index (χ0v) is 11.2. The molecule has 1 atom stereocenters. The van der Waals surface area contributed by atoms with Crippen LogP contribution in [-0.2, 0) is 11.2 Å². The van der Waals surface area contributed by atoms with Gasteiger partial charge in [-0.2, -0.15) is 0 Å². The third-order valence-electron chi connectivity index (χ3n) is 3.54. The van der Waals surface area contributed by atoms with Crippen LogP contribution < -0.4 is 4.74 Å². The first kappa shape index (κ1) is 12.9. The van der Waals surface area contributed by atoms with Crippen molar-refractivity contribution in [2.24, 2.45) is 5.92 Å². The molecule has 1 aromatic carbocycles. The van der Waals surface area contributed by atoms with Crippen LogP contribution in [0.4, 0.5) is 0 Å². The molecule has 1 aliphatic heterocycles. The Hall–Kier alpha value is -1.51. The smallest absolute Gasteiger partial charge is 0.227 e. The van der Waals surface area contributed by atoms with Crippen LogP contribution in [0.2, 0.25) is 0 Å². The summed E-state index contributed by atoms with van der Waals surface area (Å²) in [4.78, 5) is 14.2. The number of methoxy groups -OCH3 is 1. The standard InChI is InChI=1S/C15H21NO2/c1-12-6-5-9-16(11-12)15(17)10-13-7-3-4-8-14(13)18-2/h3-4,7-8,12H,5-6,9-11H2,1-2H3/t12-/m0/s1. The van der Waals surface area contributed by atoms with Crippen LogP contribution >= 0.6 is 0 Å². The lowest BCUT2D eigenvalue weighted by Crippen LogP contribution is -2.39. The van der Waals surface area contributed by atoms with Crippen molar-refractivity contribution < 1.29 is 9.53 Å². The van der Waals surface area contributed by atoms with Gasteiger partial charge in [-0.1, -0.05) is 25.1 Å². The molecule has 0 spiro atoms. The molecule has 3 heteroatoms. The Morgan fingerprint density at radius 2 is 2.22 bits per heavy atom. The van der Waals surface area contributed by atoms with E-state index < -0.39 is 0 Å². The molecule has 0 N–H and O–H groups in total. The molecule has 0 bridgehead atoms. The van der Waals surface area contributed by atoms with E-state index in [1.165, 1.54) is 6.42 Å². The summed E-state index contributed by atoms with van der Waals surface area (Å²) in [6.07, 6.45) is 2.80. The number of benzene rings is 1. The summed E-state index contributed by atoms with van der Waals surface area (Å²) in [6, 6.07) is 7.74. The molecule has 1 amide bonds. The van der Waals surface area contributed by atoms with E-state index in [1.54, 1.807) is 7.11 Å². The van der Waals surface area contributed by atoms with Gasteiger partial charge in [-0.05, 0) is 24.8 Å². The molecule has 1 aromatic rings. The summed E-state index contributed by atoms with van der Waals surface area (Å²) < 4.78 is 5.28. The molecule has 0 saturated carbocycles. The second-order valence-corrected chi connectivity index (χ2v) is 5.08. The molecule has 1 saturated heterocycles. The summed E-state index contributed by atoms with van der Waals surface area (Å²) in [7, 11) is 1.65. The predicted octanol–water partition coefficient (Wildman–Crippen LogP) is 2.50. The van der Waals surface area contributed by atoms with Gasteiger partial charge >= 0.3 is 0 Å². The zero-order chi connectivity index (χ0) is 13.0. The highest BCUT2D eigenvalue weighted by atomic mass is 16.5. The first-order chi connectivity index (χ1) is 8.70. The number of carbonyl (C=O) groups is 1. The fourth-order valence-electron chi connectivity index (χ4n) is 2.54. The second kappa shape index (κ2) is 5.89. The number of carbonyl (C=O) groups excluding carboxylic acids is 1. The molecule has 18 heavy (non-hydrogen) atoms. The van der Waals surface area contributed by atoms with E-state index in [-0.39, 0.29) is 5.91 Å². The average molecular weight is 247 g/mol. The summed E-state index contributed by atoms with van der Waals surface area (Å²) in [5, 5.41) is 0. The summed E-state index contributed by atoms with van der Waals surface area (Å²) in [5.41, 5.74) is 0.975. The number of nitrogens with zero attached hydrogens (tertiary/aromatic N) is 1. The number of likely N-dealkylation sites (tertiary alicyclic amines) is 1. The Bertz CT molecular complexity index is 417. The Morgan fingerprint density at radius 1 is 1.44 bits per heavy atom. The number of para-hydroxylation sites is 1. The van der Waals surface area contributed by atoms with Crippen LogP contribution in [0.1, 0.15) is 25.3 Å². The molecular weight excluding hydrogens is 226 g/mol. The van der Waals surface area contributed by atoms with Gasteiger partial charge in [0.2, 0.25) is 5.91 Å². The molecule has 98 valence electrons. The van der Waals surface area contributed by atoms with Gasteiger partial charge in [0.05, 0.1) is 13.5 Å². The molecule has 0 unspecified atom stereocenters. The lowest BCUT2D eigenvalue weighted by molar-refractivity contribution is -0.132. The fourth-order valence-corrected chi connectivity index (χ4v) is 2.54. The lowest BCUT2D eigenvalue weighted by atomic mass is 9.99. The van der Waals surface area contributed by atoms with Crippen LogP contribution in [0, 0.1) is 5.92 Å². The van der Waals surface area contributed by atoms with Crippen LogP contribution in [0.5, 0.6) is 5.75 Å². The number of hydrogen-bond acceptors (Lipinski definition) is 2. The lowest BCUT2D eigenvalue weighted by Gasteiger charge is -2.31. The monoisotopic (exact) mass is 247 g/mol. The van der Waals surface area contributed by atoms with E-state index in [4.69, 9.17) is 4.74 Å². The quantitative estimate of drug-likeness (QED) is 0.821. The van der Waals surface area contributed by atoms with E-state index in [2.05, 4.69) is 6.92 Å². The number of rotatable bonds is 3. The predicted molar refractivity (Wildman–Crippen MR) is 71.7 cm³/mol. The van der Waals surface area contributed by atoms with Gasteiger partial charge in [-0.3, -0.25) is 4.79 Å². The fraction of sp³-hybridized carbons (Fsp3) is 0.533. The number of amides is 1. The Morgan fingerprint density at radius 3 is 2.94 bits per heavy atom. The van der Waals surface area contributed by atoms with Crippen molar-refractivity contribution in [3.05, 3.63) is 29.8 Å². The molecule has 1 heterocycles. The summed E-state index contributed by atoms with van der Waals surface area (Å²) in [5.74, 6) is 1.64. The van der Waals surface area contributed by atoms with Gasteiger partial charge in [0, 0.05) is 18.7 Å². The third-order valence-corrected chi connectivity index (χ3v) is 3.54. The normalized spacial score (nSPS) is 19.7. The first-order valence-corrected chi connectivity index (χ1v) is 6.60. The van der Waals surface area contributed by atoms with Crippen LogP contribution in [0.3, 0.4) is 0 Å². The Labute approximate surface area is 109 Å². The van der Waals surface area contributed by atoms with E-state index in [1.807, 2.05) is 29.2 Å². The maximum absolute atomic E-state index is 12.3. The van der Waals surface area contributed by atoms with Crippen molar-refractivity contribution in [2.45, 2.75) is 26.2 Å². The maximum atomic E-state index is 12.3. The second-order valence-electron chi connectivity index (χ2n) is 5.08. The van der Waals surface area contributed by atoms with Gasteiger partial charge in [0.1, 0.15) is 5.75 Å². The SMILES string of the molecule is COc1ccccc1CC(=O)N1CCC[C@H](C)C1. The molecule has 1 fully saturated rings. The van der Waals surface area contributed by atoms with E-state index in [0.717, 1.165) is 30.8 Å². The molecule has 1 aliphatic rings. The molecule has 0 aliphatic carbocycles. The number of piperidine rings is 1. The van der Waals surface area contributed by atoms with Gasteiger partial charge in [0.25, 0.3) is 0 Å². The molecule has 2 rings (SSSR count). The van der Waals surface area contributed by atoms with Crippen LogP contribution in [-0.4, -0.2) is 31.0 Å². The minimum Gasteiger partial charge on any atom is -0.496 e. The van der Waals surface area contributed by atoms with Crippen molar-refractivity contribution in [1.29, 1.82) is 0 Å². The van der Waals surface area contributed by atoms with E-state index >= 15 is 0 Å².